The van der Waals surface area contributed by atoms with Crippen LogP contribution in [0.25, 0.3) is 0 Å². The van der Waals surface area contributed by atoms with Crippen molar-refractivity contribution in [2.24, 2.45) is 9.98 Å². The number of aliphatic imine (C=N–C) groups is 2. The molecule has 0 aliphatic carbocycles. The Labute approximate surface area is 206 Å². The number of hydrogen-bond donors (Lipinski definition) is 0. The lowest BCUT2D eigenvalue weighted by molar-refractivity contribution is 0.222. The SMILES string of the molecule is CCN1CCC(c2ccc(N3C=C(F)C=NC3c3cc(F)c4c(c3)C(C)(CC)C(C)=N4)nc2)CC1. The summed E-state index contributed by atoms with van der Waals surface area (Å²) in [4.78, 5) is 17.8. The molecule has 7 heteroatoms. The third-order valence-corrected chi connectivity index (χ3v) is 8.17. The molecular formula is C28H33F2N5. The summed E-state index contributed by atoms with van der Waals surface area (Å²) in [5, 5.41) is 0. The van der Waals surface area contributed by atoms with Crippen molar-refractivity contribution in [3.8, 4) is 0 Å². The molecular weight excluding hydrogens is 444 g/mol. The molecule has 0 bridgehead atoms. The van der Waals surface area contributed by atoms with E-state index >= 15 is 4.39 Å². The van der Waals surface area contributed by atoms with Gasteiger partial charge in [0.15, 0.2) is 12.0 Å². The van der Waals surface area contributed by atoms with Crippen LogP contribution in [-0.4, -0.2) is 41.4 Å². The first-order valence-electron chi connectivity index (χ1n) is 12.6. The van der Waals surface area contributed by atoms with Crippen molar-refractivity contribution < 1.29 is 8.78 Å². The lowest BCUT2D eigenvalue weighted by Crippen LogP contribution is -2.32. The quantitative estimate of drug-likeness (QED) is 0.488. The van der Waals surface area contributed by atoms with Crippen LogP contribution in [0.15, 0.2) is 52.5 Å². The molecule has 0 spiro atoms. The fraction of sp³-hybridized carbons (Fsp3) is 0.464. The van der Waals surface area contributed by atoms with Gasteiger partial charge in [0, 0.05) is 29.1 Å². The summed E-state index contributed by atoms with van der Waals surface area (Å²) in [5.41, 5.74) is 3.70. The van der Waals surface area contributed by atoms with Crippen molar-refractivity contribution in [3.63, 3.8) is 0 Å². The third-order valence-electron chi connectivity index (χ3n) is 8.17. The Hall–Kier alpha value is -2.93. The van der Waals surface area contributed by atoms with E-state index in [0.717, 1.165) is 50.2 Å². The topological polar surface area (TPSA) is 44.1 Å². The molecule has 2 atom stereocenters. The molecule has 0 amide bonds. The molecule has 2 unspecified atom stereocenters. The fourth-order valence-electron chi connectivity index (χ4n) is 5.50. The molecule has 1 saturated heterocycles. The molecule has 184 valence electrons. The lowest BCUT2D eigenvalue weighted by Gasteiger charge is -2.32. The summed E-state index contributed by atoms with van der Waals surface area (Å²) >= 11 is 0. The average Bonchev–Trinajstić information content (AvgIpc) is 3.15. The average molecular weight is 478 g/mol. The second-order valence-corrected chi connectivity index (χ2v) is 10.0. The largest absolute Gasteiger partial charge is 0.304 e. The van der Waals surface area contributed by atoms with E-state index in [1.165, 1.54) is 24.0 Å². The van der Waals surface area contributed by atoms with Crippen LogP contribution in [0.2, 0.25) is 0 Å². The maximum atomic E-state index is 15.2. The summed E-state index contributed by atoms with van der Waals surface area (Å²) in [6.07, 6.45) is 6.93. The number of aromatic nitrogens is 1. The van der Waals surface area contributed by atoms with Crippen molar-refractivity contribution in [2.45, 2.75) is 64.5 Å². The molecule has 1 aromatic heterocycles. The molecule has 4 heterocycles. The molecule has 1 fully saturated rings. The summed E-state index contributed by atoms with van der Waals surface area (Å²) in [6, 6.07) is 7.46. The molecule has 3 aliphatic heterocycles. The first-order chi connectivity index (χ1) is 16.8. The zero-order valence-corrected chi connectivity index (χ0v) is 20.9. The van der Waals surface area contributed by atoms with Crippen molar-refractivity contribution in [1.29, 1.82) is 0 Å². The number of benzene rings is 1. The Morgan fingerprint density at radius 3 is 2.51 bits per heavy atom. The minimum Gasteiger partial charge on any atom is -0.304 e. The molecule has 3 aliphatic rings. The van der Waals surface area contributed by atoms with E-state index in [1.54, 1.807) is 4.90 Å². The highest BCUT2D eigenvalue weighted by atomic mass is 19.1. The first kappa shape index (κ1) is 23.8. The van der Waals surface area contributed by atoms with Gasteiger partial charge in [-0.15, -0.1) is 0 Å². The third kappa shape index (κ3) is 4.20. The zero-order valence-electron chi connectivity index (χ0n) is 20.9. The predicted octanol–water partition coefficient (Wildman–Crippen LogP) is 6.59. The second-order valence-electron chi connectivity index (χ2n) is 10.0. The number of fused-ring (bicyclic) bond motifs is 1. The molecule has 0 radical (unpaired) electrons. The van der Waals surface area contributed by atoms with Crippen molar-refractivity contribution in [2.75, 3.05) is 24.5 Å². The smallest absolute Gasteiger partial charge is 0.157 e. The number of pyridine rings is 1. The number of allylic oxidation sites excluding steroid dienone is 1. The maximum Gasteiger partial charge on any atom is 0.157 e. The van der Waals surface area contributed by atoms with Gasteiger partial charge in [0.05, 0.1) is 6.21 Å². The molecule has 35 heavy (non-hydrogen) atoms. The Morgan fingerprint density at radius 2 is 1.86 bits per heavy atom. The number of likely N-dealkylation sites (tertiary alicyclic amines) is 1. The van der Waals surface area contributed by atoms with E-state index in [0.29, 0.717) is 23.0 Å². The van der Waals surface area contributed by atoms with E-state index in [1.807, 2.05) is 25.3 Å². The van der Waals surface area contributed by atoms with Gasteiger partial charge in [-0.2, -0.15) is 0 Å². The molecule has 2 aromatic rings. The Bertz CT molecular complexity index is 1190. The van der Waals surface area contributed by atoms with E-state index in [2.05, 4.69) is 46.7 Å². The Morgan fingerprint density at radius 1 is 1.09 bits per heavy atom. The van der Waals surface area contributed by atoms with E-state index in [9.17, 15) is 4.39 Å². The van der Waals surface area contributed by atoms with Gasteiger partial charge >= 0.3 is 0 Å². The van der Waals surface area contributed by atoms with Crippen LogP contribution in [-0.2, 0) is 5.41 Å². The van der Waals surface area contributed by atoms with Gasteiger partial charge < -0.3 is 9.80 Å². The number of halogens is 2. The predicted molar refractivity (Wildman–Crippen MR) is 138 cm³/mol. The lowest BCUT2D eigenvalue weighted by atomic mass is 9.77. The molecule has 5 rings (SSSR count). The highest BCUT2D eigenvalue weighted by molar-refractivity contribution is 6.00. The minimum atomic E-state index is -0.609. The Balaban J connectivity index is 1.45. The van der Waals surface area contributed by atoms with Crippen LogP contribution >= 0.6 is 0 Å². The molecule has 0 N–H and O–H groups in total. The van der Waals surface area contributed by atoms with E-state index < -0.39 is 12.0 Å². The summed E-state index contributed by atoms with van der Waals surface area (Å²) in [7, 11) is 0. The number of nitrogens with zero attached hydrogens (tertiary/aromatic N) is 5. The van der Waals surface area contributed by atoms with Crippen molar-refractivity contribution in [1.82, 2.24) is 9.88 Å². The molecule has 5 nitrogen and oxygen atoms in total. The van der Waals surface area contributed by atoms with Crippen LogP contribution in [0.4, 0.5) is 20.3 Å². The van der Waals surface area contributed by atoms with Crippen LogP contribution < -0.4 is 4.90 Å². The van der Waals surface area contributed by atoms with Crippen LogP contribution in [0.3, 0.4) is 0 Å². The second kappa shape index (κ2) is 9.26. The zero-order chi connectivity index (χ0) is 24.7. The van der Waals surface area contributed by atoms with Gasteiger partial charge in [-0.05, 0) is 81.1 Å². The van der Waals surface area contributed by atoms with Crippen LogP contribution in [0.5, 0.6) is 0 Å². The highest BCUT2D eigenvalue weighted by Gasteiger charge is 2.38. The monoisotopic (exact) mass is 477 g/mol. The van der Waals surface area contributed by atoms with Gasteiger partial charge in [0.1, 0.15) is 17.3 Å². The van der Waals surface area contributed by atoms with E-state index in [4.69, 9.17) is 0 Å². The Kier molecular flexibility index (Phi) is 6.30. The maximum absolute atomic E-state index is 15.2. The number of hydrogen-bond acceptors (Lipinski definition) is 5. The van der Waals surface area contributed by atoms with Gasteiger partial charge in [-0.25, -0.2) is 13.8 Å². The van der Waals surface area contributed by atoms with Gasteiger partial charge in [-0.1, -0.05) is 26.8 Å². The van der Waals surface area contributed by atoms with Crippen LogP contribution in [0, 0.1) is 5.82 Å². The van der Waals surface area contributed by atoms with Gasteiger partial charge in [-0.3, -0.25) is 9.98 Å². The van der Waals surface area contributed by atoms with Gasteiger partial charge in [0.25, 0.3) is 0 Å². The summed E-state index contributed by atoms with van der Waals surface area (Å²) in [6.45, 7) is 11.6. The molecule has 1 aromatic carbocycles. The number of piperidine rings is 1. The normalized spacial score (nSPS) is 25.0. The van der Waals surface area contributed by atoms with E-state index in [-0.39, 0.29) is 11.2 Å². The number of rotatable bonds is 5. The fourth-order valence-corrected chi connectivity index (χ4v) is 5.50. The van der Waals surface area contributed by atoms with Gasteiger partial charge in [0.2, 0.25) is 0 Å². The van der Waals surface area contributed by atoms with Crippen molar-refractivity contribution >= 4 is 23.4 Å². The number of anilines is 1. The summed E-state index contributed by atoms with van der Waals surface area (Å²) in [5.74, 6) is 0.241. The summed E-state index contributed by atoms with van der Waals surface area (Å²) < 4.78 is 29.5. The standard InChI is InChI=1S/C28H33F2N5/c1-5-28(4)18(3)33-26-23(28)13-21(14-24(26)30)27-32-16-22(29)17-35(27)25-8-7-20(15-31-25)19-9-11-34(6-2)12-10-19/h7-8,13-17,19,27H,5-6,9-12H2,1-4H3. The molecule has 0 saturated carbocycles. The minimum absolute atomic E-state index is 0.330. The van der Waals surface area contributed by atoms with Crippen molar-refractivity contribution in [3.05, 3.63) is 65.0 Å². The van der Waals surface area contributed by atoms with Crippen LogP contribution in [0.1, 0.15) is 75.7 Å². The highest BCUT2D eigenvalue weighted by Crippen LogP contribution is 2.46. The first-order valence-corrected chi connectivity index (χ1v) is 12.6.